The summed E-state index contributed by atoms with van der Waals surface area (Å²) < 4.78 is 24.0. The monoisotopic (exact) mass is 252 g/mol. The maximum atomic E-state index is 12.0. The molecule has 0 heterocycles. The summed E-state index contributed by atoms with van der Waals surface area (Å²) in [5.74, 6) is -0.0446. The second-order valence-electron chi connectivity index (χ2n) is 4.64. The molecule has 1 aromatic rings. The van der Waals surface area contributed by atoms with Gasteiger partial charge in [-0.15, -0.1) is 0 Å². The third-order valence-corrected chi connectivity index (χ3v) is 4.23. The smallest absolute Gasteiger partial charge is 0.178 e. The van der Waals surface area contributed by atoms with E-state index in [0.717, 1.165) is 0 Å². The van der Waals surface area contributed by atoms with E-state index in [2.05, 4.69) is 6.07 Å². The zero-order chi connectivity index (χ0) is 13.1. The standard InChI is InChI=1S/C12H16N2O2S/c1-12(2,9-13)6-7-17(15,16)11-5-3-4-10(14)8-11/h3-5,8H,6-7,14H2,1-2H3. The van der Waals surface area contributed by atoms with Gasteiger partial charge < -0.3 is 5.73 Å². The predicted molar refractivity (Wildman–Crippen MR) is 66.9 cm³/mol. The van der Waals surface area contributed by atoms with Crippen molar-refractivity contribution in [3.63, 3.8) is 0 Å². The Labute approximate surface area is 102 Å². The molecule has 0 saturated carbocycles. The molecule has 0 aliphatic heterocycles. The van der Waals surface area contributed by atoms with Crippen LogP contribution in [0, 0.1) is 16.7 Å². The Hall–Kier alpha value is -1.54. The van der Waals surface area contributed by atoms with E-state index in [9.17, 15) is 8.42 Å². The zero-order valence-electron chi connectivity index (χ0n) is 9.97. The summed E-state index contributed by atoms with van der Waals surface area (Å²) in [5.41, 5.74) is 5.34. The number of nitriles is 1. The molecule has 1 rings (SSSR count). The summed E-state index contributed by atoms with van der Waals surface area (Å²) in [6, 6.07) is 8.29. The average Bonchev–Trinajstić information content (AvgIpc) is 2.27. The van der Waals surface area contributed by atoms with Crippen LogP contribution in [0.5, 0.6) is 0 Å². The Balaban J connectivity index is 2.88. The van der Waals surface area contributed by atoms with Crippen molar-refractivity contribution in [3.8, 4) is 6.07 Å². The number of nitrogens with two attached hydrogens (primary N) is 1. The van der Waals surface area contributed by atoms with Gasteiger partial charge in [0, 0.05) is 5.69 Å². The maximum absolute atomic E-state index is 12.0. The molecule has 1 aromatic carbocycles. The fraction of sp³-hybridized carbons (Fsp3) is 0.417. The van der Waals surface area contributed by atoms with Crippen molar-refractivity contribution >= 4 is 15.5 Å². The minimum absolute atomic E-state index is 0.0446. The van der Waals surface area contributed by atoms with Gasteiger partial charge in [0.2, 0.25) is 0 Å². The quantitative estimate of drug-likeness (QED) is 0.830. The molecule has 2 N–H and O–H groups in total. The number of nitrogens with zero attached hydrogens (tertiary/aromatic N) is 1. The van der Waals surface area contributed by atoms with Crippen LogP contribution in [-0.4, -0.2) is 14.2 Å². The molecule has 0 amide bonds. The summed E-state index contributed by atoms with van der Waals surface area (Å²) in [5, 5.41) is 8.84. The van der Waals surface area contributed by atoms with Crippen LogP contribution in [0.2, 0.25) is 0 Å². The third kappa shape index (κ3) is 3.75. The molecule has 0 radical (unpaired) electrons. The van der Waals surface area contributed by atoms with Crippen molar-refractivity contribution in [2.45, 2.75) is 25.2 Å². The Morgan fingerprint density at radius 2 is 2.06 bits per heavy atom. The molecule has 0 unspecified atom stereocenters. The third-order valence-electron chi connectivity index (χ3n) is 2.52. The Morgan fingerprint density at radius 3 is 2.59 bits per heavy atom. The van der Waals surface area contributed by atoms with Gasteiger partial charge in [-0.05, 0) is 38.5 Å². The number of benzene rings is 1. The van der Waals surface area contributed by atoms with Crippen molar-refractivity contribution in [3.05, 3.63) is 24.3 Å². The van der Waals surface area contributed by atoms with Crippen molar-refractivity contribution in [1.82, 2.24) is 0 Å². The molecule has 5 heteroatoms. The predicted octanol–water partition coefficient (Wildman–Crippen LogP) is 1.98. The van der Waals surface area contributed by atoms with Gasteiger partial charge in [-0.2, -0.15) is 5.26 Å². The molecule has 4 nitrogen and oxygen atoms in total. The van der Waals surface area contributed by atoms with Crippen molar-refractivity contribution in [2.24, 2.45) is 5.41 Å². The molecule has 92 valence electrons. The van der Waals surface area contributed by atoms with Crippen LogP contribution in [0.4, 0.5) is 5.69 Å². The highest BCUT2D eigenvalue weighted by Gasteiger charge is 2.22. The summed E-state index contributed by atoms with van der Waals surface area (Å²) in [4.78, 5) is 0.214. The number of hydrogen-bond donors (Lipinski definition) is 1. The fourth-order valence-corrected chi connectivity index (χ4v) is 2.89. The van der Waals surface area contributed by atoms with Gasteiger partial charge in [-0.25, -0.2) is 8.42 Å². The van der Waals surface area contributed by atoms with E-state index in [4.69, 9.17) is 11.0 Å². The lowest BCUT2D eigenvalue weighted by Crippen LogP contribution is -2.16. The first-order valence-corrected chi connectivity index (χ1v) is 6.92. The number of sulfone groups is 1. The summed E-state index contributed by atoms with van der Waals surface area (Å²) in [6.07, 6.45) is 0.306. The molecule has 0 aliphatic carbocycles. The van der Waals surface area contributed by atoms with E-state index in [0.29, 0.717) is 12.1 Å². The maximum Gasteiger partial charge on any atom is 0.178 e. The first-order valence-electron chi connectivity index (χ1n) is 5.26. The highest BCUT2D eigenvalue weighted by Crippen LogP contribution is 2.22. The lowest BCUT2D eigenvalue weighted by Gasteiger charge is -2.14. The minimum atomic E-state index is -3.36. The average molecular weight is 252 g/mol. The molecule has 0 spiro atoms. The van der Waals surface area contributed by atoms with Crippen LogP contribution in [0.3, 0.4) is 0 Å². The van der Waals surface area contributed by atoms with Crippen molar-refractivity contribution in [1.29, 1.82) is 5.26 Å². The second kappa shape index (κ2) is 4.76. The molecule has 0 fully saturated rings. The van der Waals surface area contributed by atoms with E-state index in [-0.39, 0.29) is 10.6 Å². The van der Waals surface area contributed by atoms with Crippen LogP contribution in [0.15, 0.2) is 29.2 Å². The first-order chi connectivity index (χ1) is 7.77. The van der Waals surface area contributed by atoms with E-state index >= 15 is 0 Å². The van der Waals surface area contributed by atoms with Gasteiger partial charge in [0.15, 0.2) is 9.84 Å². The number of rotatable bonds is 4. The molecule has 0 saturated heterocycles. The first kappa shape index (κ1) is 13.5. The van der Waals surface area contributed by atoms with Gasteiger partial charge in [0.25, 0.3) is 0 Å². The topological polar surface area (TPSA) is 84.0 Å². The Bertz CT molecular complexity index is 542. The van der Waals surface area contributed by atoms with E-state index < -0.39 is 15.3 Å². The molecule has 0 atom stereocenters. The van der Waals surface area contributed by atoms with E-state index in [1.807, 2.05) is 0 Å². The minimum Gasteiger partial charge on any atom is -0.399 e. The van der Waals surface area contributed by atoms with Crippen molar-refractivity contribution < 1.29 is 8.42 Å². The van der Waals surface area contributed by atoms with Crippen LogP contribution in [-0.2, 0) is 9.84 Å². The highest BCUT2D eigenvalue weighted by molar-refractivity contribution is 7.91. The van der Waals surface area contributed by atoms with Crippen LogP contribution < -0.4 is 5.73 Å². The Morgan fingerprint density at radius 1 is 1.41 bits per heavy atom. The van der Waals surface area contributed by atoms with E-state index in [1.54, 1.807) is 26.0 Å². The van der Waals surface area contributed by atoms with Gasteiger partial charge >= 0.3 is 0 Å². The molecular weight excluding hydrogens is 236 g/mol. The Kier molecular flexibility index (Phi) is 3.79. The zero-order valence-corrected chi connectivity index (χ0v) is 10.8. The largest absolute Gasteiger partial charge is 0.399 e. The van der Waals surface area contributed by atoms with Crippen molar-refractivity contribution in [2.75, 3.05) is 11.5 Å². The molecular formula is C12H16N2O2S. The fourth-order valence-electron chi connectivity index (χ4n) is 1.27. The van der Waals surface area contributed by atoms with E-state index in [1.165, 1.54) is 12.1 Å². The van der Waals surface area contributed by atoms with Crippen LogP contribution >= 0.6 is 0 Å². The summed E-state index contributed by atoms with van der Waals surface area (Å²) >= 11 is 0. The molecule has 0 aromatic heterocycles. The van der Waals surface area contributed by atoms with Crippen LogP contribution in [0.1, 0.15) is 20.3 Å². The van der Waals surface area contributed by atoms with Gasteiger partial charge in [-0.1, -0.05) is 6.07 Å². The summed E-state index contributed by atoms with van der Waals surface area (Å²) in [6.45, 7) is 3.45. The lowest BCUT2D eigenvalue weighted by atomic mass is 9.93. The van der Waals surface area contributed by atoms with Gasteiger partial charge in [0.1, 0.15) is 0 Å². The highest BCUT2D eigenvalue weighted by atomic mass is 32.2. The summed E-state index contributed by atoms with van der Waals surface area (Å²) in [7, 11) is -3.36. The molecule has 0 aliphatic rings. The number of nitrogen functional groups attached to an aromatic ring is 1. The lowest BCUT2D eigenvalue weighted by molar-refractivity contribution is 0.473. The number of anilines is 1. The van der Waals surface area contributed by atoms with Crippen LogP contribution in [0.25, 0.3) is 0 Å². The number of hydrogen-bond acceptors (Lipinski definition) is 4. The van der Waals surface area contributed by atoms with Gasteiger partial charge in [-0.3, -0.25) is 0 Å². The second-order valence-corrected chi connectivity index (χ2v) is 6.75. The normalized spacial score (nSPS) is 12.1. The SMILES string of the molecule is CC(C)(C#N)CCS(=O)(=O)c1cccc(N)c1. The van der Waals surface area contributed by atoms with Gasteiger partial charge in [0.05, 0.1) is 22.1 Å². The molecule has 0 bridgehead atoms. The molecule has 17 heavy (non-hydrogen) atoms.